The minimum Gasteiger partial charge on any atom is -0.454 e. The fraction of sp³-hybridized carbons (Fsp3) is 0.0769. The van der Waals surface area contributed by atoms with Crippen LogP contribution in [0.3, 0.4) is 0 Å². The zero-order valence-electron chi connectivity index (χ0n) is 10.0. The maximum Gasteiger partial charge on any atom is 0.272 e. The fourth-order valence-corrected chi connectivity index (χ4v) is 1.58. The lowest BCUT2D eigenvalue weighted by Crippen LogP contribution is -1.93. The lowest BCUT2D eigenvalue weighted by molar-refractivity contribution is -0.385. The van der Waals surface area contributed by atoms with Crippen molar-refractivity contribution in [3.05, 3.63) is 57.9 Å². The van der Waals surface area contributed by atoms with Crippen LogP contribution in [-0.2, 0) is 0 Å². The summed E-state index contributed by atoms with van der Waals surface area (Å²) in [7, 11) is 0. The molecule has 0 radical (unpaired) electrons. The number of aryl methyl sites for hydroxylation is 1. The molecule has 6 heteroatoms. The van der Waals surface area contributed by atoms with Gasteiger partial charge < -0.3 is 4.74 Å². The Bertz CT molecular complexity index is 677. The molecule has 0 spiro atoms. The molecule has 6 nitrogen and oxygen atoms in total. The van der Waals surface area contributed by atoms with Gasteiger partial charge >= 0.3 is 0 Å². The van der Waals surface area contributed by atoms with Crippen molar-refractivity contribution in [3.63, 3.8) is 0 Å². The summed E-state index contributed by atoms with van der Waals surface area (Å²) >= 11 is 0. The summed E-state index contributed by atoms with van der Waals surface area (Å²) < 4.78 is 5.51. The van der Waals surface area contributed by atoms with E-state index in [1.54, 1.807) is 13.0 Å². The lowest BCUT2D eigenvalue weighted by Gasteiger charge is -2.07. The van der Waals surface area contributed by atoms with E-state index in [-0.39, 0.29) is 5.69 Å². The van der Waals surface area contributed by atoms with Crippen LogP contribution in [-0.4, -0.2) is 9.91 Å². The Balaban J connectivity index is 2.32. The number of aromatic nitrogens is 1. The number of hydrogen-bond acceptors (Lipinski definition) is 5. The molecule has 0 N–H and O–H groups in total. The molecule has 2 rings (SSSR count). The zero-order chi connectivity index (χ0) is 13.8. The van der Waals surface area contributed by atoms with Crippen molar-refractivity contribution in [1.82, 2.24) is 4.98 Å². The molecule has 0 saturated carbocycles. The average Bonchev–Trinajstić information content (AvgIpc) is 2.39. The van der Waals surface area contributed by atoms with Crippen LogP contribution in [0.15, 0.2) is 36.7 Å². The molecule has 1 heterocycles. The van der Waals surface area contributed by atoms with Gasteiger partial charge in [0.05, 0.1) is 16.7 Å². The van der Waals surface area contributed by atoms with Crippen LogP contribution in [0, 0.1) is 28.4 Å². The number of nitro groups is 1. The van der Waals surface area contributed by atoms with Gasteiger partial charge in [0, 0.05) is 17.8 Å². The van der Waals surface area contributed by atoms with Gasteiger partial charge in [0.15, 0.2) is 5.75 Å². The van der Waals surface area contributed by atoms with E-state index in [1.165, 1.54) is 30.6 Å². The molecular weight excluding hydrogens is 246 g/mol. The second kappa shape index (κ2) is 5.14. The molecule has 0 saturated heterocycles. The van der Waals surface area contributed by atoms with Crippen molar-refractivity contribution in [2.75, 3.05) is 0 Å². The van der Waals surface area contributed by atoms with E-state index >= 15 is 0 Å². The van der Waals surface area contributed by atoms with E-state index in [9.17, 15) is 10.1 Å². The van der Waals surface area contributed by atoms with Crippen molar-refractivity contribution in [3.8, 4) is 17.6 Å². The summed E-state index contributed by atoms with van der Waals surface area (Å²) in [5.74, 6) is 0.742. The summed E-state index contributed by atoms with van der Waals surface area (Å²) in [4.78, 5) is 14.1. The van der Waals surface area contributed by atoms with Crippen LogP contribution in [0.4, 0.5) is 5.69 Å². The van der Waals surface area contributed by atoms with Gasteiger partial charge in [-0.05, 0) is 25.1 Å². The van der Waals surface area contributed by atoms with E-state index in [2.05, 4.69) is 4.98 Å². The highest BCUT2D eigenvalue weighted by Gasteiger charge is 2.12. The fourth-order valence-electron chi connectivity index (χ4n) is 1.58. The van der Waals surface area contributed by atoms with Crippen LogP contribution in [0.2, 0.25) is 0 Å². The van der Waals surface area contributed by atoms with E-state index in [1.807, 2.05) is 6.07 Å². The van der Waals surface area contributed by atoms with Gasteiger partial charge in [-0.3, -0.25) is 15.1 Å². The first-order valence-electron chi connectivity index (χ1n) is 5.39. The van der Waals surface area contributed by atoms with Gasteiger partial charge in [-0.15, -0.1) is 0 Å². The Morgan fingerprint density at radius 1 is 1.42 bits per heavy atom. The van der Waals surface area contributed by atoms with E-state index < -0.39 is 4.92 Å². The zero-order valence-corrected chi connectivity index (χ0v) is 10.0. The van der Waals surface area contributed by atoms with Gasteiger partial charge in [-0.25, -0.2) is 0 Å². The van der Waals surface area contributed by atoms with Gasteiger partial charge in [-0.1, -0.05) is 0 Å². The normalized spacial score (nSPS) is 9.68. The first-order valence-corrected chi connectivity index (χ1v) is 5.39. The summed E-state index contributed by atoms with van der Waals surface area (Å²) in [6.45, 7) is 1.62. The lowest BCUT2D eigenvalue weighted by atomic mass is 10.2. The van der Waals surface area contributed by atoms with Crippen LogP contribution in [0.25, 0.3) is 0 Å². The van der Waals surface area contributed by atoms with Crippen LogP contribution < -0.4 is 4.74 Å². The second-order valence-electron chi connectivity index (χ2n) is 3.79. The summed E-state index contributed by atoms with van der Waals surface area (Å²) in [6, 6.07) is 7.92. The summed E-state index contributed by atoms with van der Waals surface area (Å²) in [5, 5.41) is 19.6. The first kappa shape index (κ1) is 12.5. The van der Waals surface area contributed by atoms with E-state index in [0.29, 0.717) is 22.6 Å². The first-order chi connectivity index (χ1) is 9.11. The molecule has 0 aliphatic rings. The largest absolute Gasteiger partial charge is 0.454 e. The highest BCUT2D eigenvalue weighted by Crippen LogP contribution is 2.28. The molecule has 0 atom stereocenters. The number of hydrogen-bond donors (Lipinski definition) is 0. The van der Waals surface area contributed by atoms with Crippen molar-refractivity contribution in [2.24, 2.45) is 0 Å². The Morgan fingerprint density at radius 2 is 2.21 bits per heavy atom. The molecule has 94 valence electrons. The third-order valence-electron chi connectivity index (χ3n) is 2.50. The van der Waals surface area contributed by atoms with Crippen LogP contribution >= 0.6 is 0 Å². The smallest absolute Gasteiger partial charge is 0.272 e. The number of rotatable bonds is 3. The Hall–Kier alpha value is -2.94. The standard InChI is InChI=1S/C13H9N3O3/c1-9-6-11(2-3-12(9)16(17)18)19-13-8-15-5-4-10(13)7-14/h2-6,8H,1H3. The molecule has 0 unspecified atom stereocenters. The molecule has 0 aliphatic carbocycles. The number of pyridine rings is 1. The predicted octanol–water partition coefficient (Wildman–Crippen LogP) is 2.96. The quantitative estimate of drug-likeness (QED) is 0.621. The molecular formula is C13H9N3O3. The maximum absolute atomic E-state index is 10.7. The SMILES string of the molecule is Cc1cc(Oc2cnccc2C#N)ccc1[N+](=O)[O-]. The molecule has 2 aromatic rings. The predicted molar refractivity (Wildman–Crippen MR) is 66.9 cm³/mol. The van der Waals surface area contributed by atoms with Crippen molar-refractivity contribution >= 4 is 5.69 Å². The minimum absolute atomic E-state index is 0.0269. The third-order valence-corrected chi connectivity index (χ3v) is 2.50. The van der Waals surface area contributed by atoms with Gasteiger partial charge in [-0.2, -0.15) is 5.26 Å². The summed E-state index contributed by atoms with van der Waals surface area (Å²) in [6.07, 6.45) is 2.92. The van der Waals surface area contributed by atoms with Crippen molar-refractivity contribution < 1.29 is 9.66 Å². The molecule has 1 aromatic heterocycles. The monoisotopic (exact) mass is 255 g/mol. The Morgan fingerprint density at radius 3 is 2.84 bits per heavy atom. The Kier molecular flexibility index (Phi) is 3.39. The molecule has 0 bridgehead atoms. The maximum atomic E-state index is 10.7. The molecule has 0 fully saturated rings. The molecule has 0 aliphatic heterocycles. The second-order valence-corrected chi connectivity index (χ2v) is 3.79. The molecule has 0 amide bonds. The van der Waals surface area contributed by atoms with E-state index in [0.717, 1.165) is 0 Å². The highest BCUT2D eigenvalue weighted by molar-refractivity contribution is 5.47. The number of nitro benzene ring substituents is 1. The van der Waals surface area contributed by atoms with Crippen molar-refractivity contribution in [1.29, 1.82) is 5.26 Å². The minimum atomic E-state index is -0.454. The van der Waals surface area contributed by atoms with Gasteiger partial charge in [0.25, 0.3) is 5.69 Å². The van der Waals surface area contributed by atoms with Gasteiger partial charge in [0.1, 0.15) is 11.8 Å². The molecule has 19 heavy (non-hydrogen) atoms. The number of nitriles is 1. The number of ether oxygens (including phenoxy) is 1. The topological polar surface area (TPSA) is 89.0 Å². The van der Waals surface area contributed by atoms with Crippen LogP contribution in [0.5, 0.6) is 11.5 Å². The highest BCUT2D eigenvalue weighted by atomic mass is 16.6. The molecule has 1 aromatic carbocycles. The van der Waals surface area contributed by atoms with E-state index in [4.69, 9.17) is 10.00 Å². The van der Waals surface area contributed by atoms with Crippen LogP contribution in [0.1, 0.15) is 11.1 Å². The van der Waals surface area contributed by atoms with Gasteiger partial charge in [0.2, 0.25) is 0 Å². The third kappa shape index (κ3) is 2.66. The number of nitrogens with zero attached hydrogens (tertiary/aromatic N) is 3. The summed E-state index contributed by atoms with van der Waals surface area (Å²) in [5.41, 5.74) is 0.870. The van der Waals surface area contributed by atoms with Crippen molar-refractivity contribution in [2.45, 2.75) is 6.92 Å². The number of benzene rings is 1. The Labute approximate surface area is 109 Å². The average molecular weight is 255 g/mol.